The molecule has 172 valence electrons. The molecule has 3 unspecified atom stereocenters. The van der Waals surface area contributed by atoms with Crippen molar-refractivity contribution in [1.29, 1.82) is 0 Å². The lowest BCUT2D eigenvalue weighted by atomic mass is 10.0. The zero-order valence-electron chi connectivity index (χ0n) is 16.4. The molecule has 0 saturated carbocycles. The average Bonchev–Trinajstić information content (AvgIpc) is 3.32. The fourth-order valence-electron chi connectivity index (χ4n) is 3.44. The summed E-state index contributed by atoms with van der Waals surface area (Å²) >= 11 is 0. The summed E-state index contributed by atoms with van der Waals surface area (Å²) in [7, 11) is 0. The lowest BCUT2D eigenvalue weighted by Gasteiger charge is -2.21. The fourth-order valence-corrected chi connectivity index (χ4v) is 3.44. The molecule has 0 fully saturated rings. The summed E-state index contributed by atoms with van der Waals surface area (Å²) in [4.78, 5) is 9.53. The minimum Gasteiger partial charge on any atom is -0.481 e. The lowest BCUT2D eigenvalue weighted by Crippen LogP contribution is -2.32. The van der Waals surface area contributed by atoms with Crippen LogP contribution in [-0.2, 0) is 17.4 Å². The van der Waals surface area contributed by atoms with Crippen molar-refractivity contribution >= 4 is 11.6 Å². The van der Waals surface area contributed by atoms with Gasteiger partial charge in [-0.05, 0) is 42.3 Å². The second kappa shape index (κ2) is 7.85. The van der Waals surface area contributed by atoms with Crippen molar-refractivity contribution in [2.75, 3.05) is 5.32 Å². The molecule has 2 aromatic rings. The molecular weight excluding hydrogens is 444 g/mol. The van der Waals surface area contributed by atoms with Crippen LogP contribution in [-0.4, -0.2) is 29.5 Å². The zero-order chi connectivity index (χ0) is 23.3. The number of rotatable bonds is 4. The predicted octanol–water partition coefficient (Wildman–Crippen LogP) is 4.30. The number of fused-ring (bicyclic) bond motifs is 1. The van der Waals surface area contributed by atoms with Gasteiger partial charge in [0.05, 0.1) is 5.56 Å². The first-order chi connectivity index (χ1) is 14.9. The Hall–Kier alpha value is -2.99. The van der Waals surface area contributed by atoms with Crippen LogP contribution in [0.3, 0.4) is 0 Å². The number of anilines is 1. The minimum atomic E-state index is -4.97. The van der Waals surface area contributed by atoms with E-state index in [0.29, 0.717) is 30.7 Å². The van der Waals surface area contributed by atoms with Gasteiger partial charge in [-0.1, -0.05) is 12.1 Å². The summed E-state index contributed by atoms with van der Waals surface area (Å²) < 4.78 is 83.3. The first-order valence-electron chi connectivity index (χ1n) is 9.45. The van der Waals surface area contributed by atoms with E-state index < -0.39 is 42.2 Å². The van der Waals surface area contributed by atoms with Crippen molar-refractivity contribution in [3.8, 4) is 5.75 Å². The Bertz CT molecular complexity index is 1050. The highest BCUT2D eigenvalue weighted by atomic mass is 19.4. The Kier molecular flexibility index (Phi) is 5.45. The van der Waals surface area contributed by atoms with Crippen LogP contribution in [0.1, 0.15) is 35.3 Å². The van der Waals surface area contributed by atoms with Crippen LogP contribution < -0.4 is 15.5 Å². The van der Waals surface area contributed by atoms with E-state index >= 15 is 0 Å². The van der Waals surface area contributed by atoms with Crippen molar-refractivity contribution < 1.29 is 41.0 Å². The maximum Gasteiger partial charge on any atom is 0.425 e. The molecule has 2 heterocycles. The van der Waals surface area contributed by atoms with Crippen molar-refractivity contribution in [2.24, 2.45) is 4.99 Å². The van der Waals surface area contributed by atoms with Crippen molar-refractivity contribution in [3.63, 3.8) is 0 Å². The van der Waals surface area contributed by atoms with Gasteiger partial charge in [-0.2, -0.15) is 26.3 Å². The molecule has 3 N–H and O–H groups in total. The minimum absolute atomic E-state index is 0.0925. The SMILES string of the molecule is CC(Oc1ccc(C2=NC(c3cccc4c3CC(O)N4)NO2)cc1C(F)(F)F)C(F)(F)F. The topological polar surface area (TPSA) is 75.1 Å². The molecule has 3 atom stereocenters. The summed E-state index contributed by atoms with van der Waals surface area (Å²) in [5.74, 6) is -1.12. The number of aliphatic imine (C=N–C) groups is 1. The van der Waals surface area contributed by atoms with E-state index in [1.165, 1.54) is 0 Å². The van der Waals surface area contributed by atoms with Crippen LogP contribution >= 0.6 is 0 Å². The molecular formula is C20H17F6N3O3. The Balaban J connectivity index is 1.64. The van der Waals surface area contributed by atoms with Crippen LogP contribution in [0.5, 0.6) is 5.75 Å². The first kappa shape index (κ1) is 22.2. The molecule has 0 bridgehead atoms. The van der Waals surface area contributed by atoms with Crippen LogP contribution in [0.15, 0.2) is 41.4 Å². The molecule has 0 aromatic heterocycles. The highest BCUT2D eigenvalue weighted by Crippen LogP contribution is 2.39. The van der Waals surface area contributed by atoms with Crippen molar-refractivity contribution in [2.45, 2.75) is 44.2 Å². The molecule has 2 aromatic carbocycles. The van der Waals surface area contributed by atoms with Gasteiger partial charge in [0.25, 0.3) is 0 Å². The molecule has 0 radical (unpaired) electrons. The standard InChI is InChI=1S/C20H17F6N3O3/c1-9(19(21,22)23)31-15-6-5-10(7-13(15)20(24,25)26)18-28-17(29-32-18)11-3-2-4-14-12(11)8-16(30)27-14/h2-7,9,16-17,27,29-30H,8H2,1H3. The van der Waals surface area contributed by atoms with E-state index in [1.54, 1.807) is 18.2 Å². The van der Waals surface area contributed by atoms with Crippen molar-refractivity contribution in [1.82, 2.24) is 5.48 Å². The highest BCUT2D eigenvalue weighted by molar-refractivity contribution is 5.95. The summed E-state index contributed by atoms with van der Waals surface area (Å²) in [5.41, 5.74) is 3.30. The number of aliphatic hydroxyl groups excluding tert-OH is 1. The van der Waals surface area contributed by atoms with Crippen molar-refractivity contribution in [3.05, 3.63) is 58.7 Å². The van der Waals surface area contributed by atoms with Gasteiger partial charge in [-0.15, -0.1) is 5.48 Å². The van der Waals surface area contributed by atoms with Gasteiger partial charge in [0.2, 0.25) is 5.90 Å². The normalized spacial score (nSPS) is 21.4. The number of benzene rings is 2. The fraction of sp³-hybridized carbons (Fsp3) is 0.350. The first-order valence-corrected chi connectivity index (χ1v) is 9.45. The quantitative estimate of drug-likeness (QED) is 0.592. The third-order valence-electron chi connectivity index (χ3n) is 5.04. The lowest BCUT2D eigenvalue weighted by molar-refractivity contribution is -0.191. The molecule has 0 amide bonds. The van der Waals surface area contributed by atoms with E-state index in [9.17, 15) is 31.4 Å². The average molecular weight is 461 g/mol. The summed E-state index contributed by atoms with van der Waals surface area (Å²) in [6.07, 6.45) is -13.4. The maximum atomic E-state index is 13.5. The number of hydrogen-bond donors (Lipinski definition) is 3. The summed E-state index contributed by atoms with van der Waals surface area (Å²) in [5, 5.41) is 12.7. The van der Waals surface area contributed by atoms with Gasteiger partial charge in [0.1, 0.15) is 12.0 Å². The van der Waals surface area contributed by atoms with E-state index in [0.717, 1.165) is 17.7 Å². The van der Waals surface area contributed by atoms with E-state index in [2.05, 4.69) is 20.5 Å². The van der Waals surface area contributed by atoms with E-state index in [1.807, 2.05) is 0 Å². The molecule has 12 heteroatoms. The van der Waals surface area contributed by atoms with Crippen LogP contribution in [0, 0.1) is 0 Å². The number of aliphatic hydroxyl groups is 1. The van der Waals surface area contributed by atoms with Crippen LogP contribution in [0.4, 0.5) is 32.0 Å². The third-order valence-corrected chi connectivity index (χ3v) is 5.04. The maximum absolute atomic E-state index is 13.5. The van der Waals surface area contributed by atoms with Gasteiger partial charge in [0.15, 0.2) is 12.3 Å². The van der Waals surface area contributed by atoms with E-state index in [4.69, 9.17) is 4.84 Å². The highest BCUT2D eigenvalue weighted by Gasteiger charge is 2.41. The molecule has 0 aliphatic carbocycles. The Morgan fingerprint density at radius 2 is 1.91 bits per heavy atom. The smallest absolute Gasteiger partial charge is 0.425 e. The van der Waals surface area contributed by atoms with Crippen LogP contribution in [0.25, 0.3) is 0 Å². The van der Waals surface area contributed by atoms with Gasteiger partial charge in [-0.3, -0.25) is 0 Å². The molecule has 32 heavy (non-hydrogen) atoms. The number of nitrogens with one attached hydrogen (secondary N) is 2. The molecule has 0 spiro atoms. The summed E-state index contributed by atoms with van der Waals surface area (Å²) in [6, 6.07) is 7.80. The van der Waals surface area contributed by atoms with Gasteiger partial charge in [0, 0.05) is 17.7 Å². The largest absolute Gasteiger partial charge is 0.481 e. The molecule has 2 aliphatic rings. The number of halogens is 6. The Morgan fingerprint density at radius 1 is 1.16 bits per heavy atom. The molecule has 0 saturated heterocycles. The molecule has 6 nitrogen and oxygen atoms in total. The van der Waals surface area contributed by atoms with Gasteiger partial charge >= 0.3 is 12.4 Å². The van der Waals surface area contributed by atoms with Gasteiger partial charge in [-0.25, -0.2) is 4.99 Å². The monoisotopic (exact) mass is 461 g/mol. The Labute approximate surface area is 177 Å². The zero-order valence-corrected chi connectivity index (χ0v) is 16.4. The number of hydroxylamine groups is 1. The predicted molar refractivity (Wildman–Crippen MR) is 101 cm³/mol. The number of alkyl halides is 6. The second-order valence-corrected chi connectivity index (χ2v) is 7.30. The van der Waals surface area contributed by atoms with Crippen LogP contribution in [0.2, 0.25) is 0 Å². The molecule has 4 rings (SSSR count). The summed E-state index contributed by atoms with van der Waals surface area (Å²) in [6.45, 7) is 0.622. The number of nitrogens with zero attached hydrogens (tertiary/aromatic N) is 1. The third kappa shape index (κ3) is 4.32. The number of hydrogen-bond acceptors (Lipinski definition) is 6. The number of ether oxygens (including phenoxy) is 1. The second-order valence-electron chi connectivity index (χ2n) is 7.30. The van der Waals surface area contributed by atoms with E-state index in [-0.39, 0.29) is 11.5 Å². The van der Waals surface area contributed by atoms with Gasteiger partial charge < -0.3 is 20.0 Å². The molecule has 2 aliphatic heterocycles. The Morgan fingerprint density at radius 3 is 2.59 bits per heavy atom.